The number of hydrogen-bond acceptors (Lipinski definition) is 4. The molecule has 0 saturated carbocycles. The molecule has 1 aliphatic heterocycles. The Morgan fingerprint density at radius 3 is 2.61 bits per heavy atom. The van der Waals surface area contributed by atoms with Crippen LogP contribution in [0.5, 0.6) is 0 Å². The van der Waals surface area contributed by atoms with Crippen molar-refractivity contribution in [3.05, 3.63) is 89.8 Å². The fourth-order valence-corrected chi connectivity index (χ4v) is 3.73. The van der Waals surface area contributed by atoms with E-state index in [4.69, 9.17) is 4.52 Å². The zero-order chi connectivity index (χ0) is 21.5. The number of anilines is 1. The molecule has 3 aromatic rings. The summed E-state index contributed by atoms with van der Waals surface area (Å²) in [5.41, 5.74) is 2.03. The fraction of sp³-hybridized carbons (Fsp3) is 0.240. The summed E-state index contributed by atoms with van der Waals surface area (Å²) in [7, 11) is 0. The van der Waals surface area contributed by atoms with Crippen molar-refractivity contribution in [1.29, 1.82) is 0 Å². The summed E-state index contributed by atoms with van der Waals surface area (Å²) in [6.07, 6.45) is 6.03. The lowest BCUT2D eigenvalue weighted by Gasteiger charge is -2.31. The van der Waals surface area contributed by atoms with Gasteiger partial charge in [-0.3, -0.25) is 9.59 Å². The second kappa shape index (κ2) is 9.89. The third-order valence-electron chi connectivity index (χ3n) is 5.37. The molecule has 6 nitrogen and oxygen atoms in total. The van der Waals surface area contributed by atoms with Gasteiger partial charge >= 0.3 is 0 Å². The molecule has 2 aromatic carbocycles. The lowest BCUT2D eigenvalue weighted by Crippen LogP contribution is -2.38. The van der Waals surface area contributed by atoms with Crippen LogP contribution in [0.1, 0.15) is 47.0 Å². The van der Waals surface area contributed by atoms with Crippen molar-refractivity contribution >= 4 is 23.6 Å². The summed E-state index contributed by atoms with van der Waals surface area (Å²) in [5, 5.41) is 6.74. The van der Waals surface area contributed by atoms with Gasteiger partial charge in [0.25, 0.3) is 5.91 Å². The Kier molecular flexibility index (Phi) is 6.57. The molecule has 0 aliphatic carbocycles. The molecule has 1 N–H and O–H groups in total. The molecule has 0 bridgehead atoms. The van der Waals surface area contributed by atoms with Crippen molar-refractivity contribution in [3.63, 3.8) is 0 Å². The van der Waals surface area contributed by atoms with Gasteiger partial charge in [0, 0.05) is 37.2 Å². The Hall–Kier alpha value is -3.67. The molecule has 1 aromatic heterocycles. The van der Waals surface area contributed by atoms with Crippen LogP contribution in [0.2, 0.25) is 0 Å². The maximum absolute atomic E-state index is 12.6. The number of rotatable bonds is 6. The number of nitrogens with one attached hydrogen (secondary N) is 1. The van der Waals surface area contributed by atoms with Crippen LogP contribution in [0.25, 0.3) is 6.08 Å². The van der Waals surface area contributed by atoms with E-state index in [0.717, 1.165) is 24.9 Å². The van der Waals surface area contributed by atoms with Gasteiger partial charge in [-0.15, -0.1) is 0 Å². The predicted octanol–water partition coefficient (Wildman–Crippen LogP) is 4.74. The van der Waals surface area contributed by atoms with Crippen molar-refractivity contribution < 1.29 is 14.1 Å². The molecule has 6 heteroatoms. The van der Waals surface area contributed by atoms with Crippen molar-refractivity contribution in [1.82, 2.24) is 10.1 Å². The largest absolute Gasteiger partial charge is 0.360 e. The van der Waals surface area contributed by atoms with Crippen LogP contribution >= 0.6 is 0 Å². The first-order valence-electron chi connectivity index (χ1n) is 10.5. The van der Waals surface area contributed by atoms with Gasteiger partial charge in [-0.1, -0.05) is 65.8 Å². The van der Waals surface area contributed by atoms with Gasteiger partial charge in [0.15, 0.2) is 5.69 Å². The Labute approximate surface area is 181 Å². The number of likely N-dealkylation sites (tertiary alicyclic amines) is 1. The monoisotopic (exact) mass is 415 g/mol. The molecule has 2 heterocycles. The second-order valence-electron chi connectivity index (χ2n) is 7.63. The van der Waals surface area contributed by atoms with Crippen LogP contribution < -0.4 is 5.32 Å². The summed E-state index contributed by atoms with van der Waals surface area (Å²) in [6, 6.07) is 20.8. The van der Waals surface area contributed by atoms with E-state index in [0.29, 0.717) is 24.4 Å². The van der Waals surface area contributed by atoms with Crippen LogP contribution in [0.3, 0.4) is 0 Å². The Bertz CT molecular complexity index is 1040. The number of para-hydroxylation sites is 1. The maximum atomic E-state index is 12.6. The van der Waals surface area contributed by atoms with Crippen LogP contribution in [-0.4, -0.2) is 35.0 Å². The summed E-state index contributed by atoms with van der Waals surface area (Å²) in [6.45, 7) is 1.32. The molecule has 1 aliphatic rings. The summed E-state index contributed by atoms with van der Waals surface area (Å²) in [4.78, 5) is 26.9. The number of aromatic nitrogens is 1. The Morgan fingerprint density at radius 2 is 1.84 bits per heavy atom. The van der Waals surface area contributed by atoms with E-state index in [2.05, 4.69) is 10.5 Å². The van der Waals surface area contributed by atoms with Crippen molar-refractivity contribution in [3.8, 4) is 0 Å². The molecule has 31 heavy (non-hydrogen) atoms. The van der Waals surface area contributed by atoms with Crippen LogP contribution in [0.15, 0.2) is 77.3 Å². The highest BCUT2D eigenvalue weighted by Crippen LogP contribution is 2.28. The van der Waals surface area contributed by atoms with E-state index in [1.54, 1.807) is 6.07 Å². The predicted molar refractivity (Wildman–Crippen MR) is 120 cm³/mol. The zero-order valence-corrected chi connectivity index (χ0v) is 17.2. The van der Waals surface area contributed by atoms with E-state index in [1.165, 1.54) is 0 Å². The number of carbonyl (C=O) groups is 2. The topological polar surface area (TPSA) is 75.4 Å². The average Bonchev–Trinajstić information content (AvgIpc) is 3.31. The quantitative estimate of drug-likeness (QED) is 0.631. The molecule has 158 valence electrons. The number of amides is 2. The third kappa shape index (κ3) is 5.48. The van der Waals surface area contributed by atoms with Crippen molar-refractivity contribution in [2.75, 3.05) is 18.4 Å². The molecule has 1 atom stereocenters. The highest BCUT2D eigenvalue weighted by atomic mass is 16.5. The molecular formula is C25H25N3O3. The summed E-state index contributed by atoms with van der Waals surface area (Å²) >= 11 is 0. The molecule has 1 fully saturated rings. The van der Waals surface area contributed by atoms with Crippen LogP contribution in [0, 0.1) is 0 Å². The molecule has 1 saturated heterocycles. The molecule has 1 unspecified atom stereocenters. The molecule has 2 amide bonds. The SMILES string of the molecule is O=C(Nc1ccccc1)c1cc(C2CCCN(C(=O)C/C=C/c3ccccc3)C2)on1. The van der Waals surface area contributed by atoms with E-state index in [1.807, 2.05) is 77.7 Å². The maximum Gasteiger partial charge on any atom is 0.277 e. The van der Waals surface area contributed by atoms with E-state index >= 15 is 0 Å². The van der Waals surface area contributed by atoms with Crippen LogP contribution in [0.4, 0.5) is 5.69 Å². The lowest BCUT2D eigenvalue weighted by molar-refractivity contribution is -0.131. The van der Waals surface area contributed by atoms with Gasteiger partial charge in [0.05, 0.1) is 0 Å². The highest BCUT2D eigenvalue weighted by Gasteiger charge is 2.27. The van der Waals surface area contributed by atoms with Gasteiger partial charge in [-0.2, -0.15) is 0 Å². The van der Waals surface area contributed by atoms with Gasteiger partial charge < -0.3 is 14.7 Å². The van der Waals surface area contributed by atoms with Crippen molar-refractivity contribution in [2.24, 2.45) is 0 Å². The van der Waals surface area contributed by atoms with Gasteiger partial charge in [0.1, 0.15) is 5.76 Å². The minimum atomic E-state index is -0.309. The number of carbonyl (C=O) groups excluding carboxylic acids is 2. The number of piperidine rings is 1. The molecule has 4 rings (SSSR count). The highest BCUT2D eigenvalue weighted by molar-refractivity contribution is 6.02. The molecular weight excluding hydrogens is 390 g/mol. The van der Waals surface area contributed by atoms with Gasteiger partial charge in [0.2, 0.25) is 5.91 Å². The molecule has 0 spiro atoms. The first kappa shape index (κ1) is 20.6. The molecule has 0 radical (unpaired) electrons. The number of nitrogens with zero attached hydrogens (tertiary/aromatic N) is 2. The zero-order valence-electron chi connectivity index (χ0n) is 17.2. The average molecular weight is 415 g/mol. The normalized spacial score (nSPS) is 16.4. The number of hydrogen-bond donors (Lipinski definition) is 1. The first-order chi connectivity index (χ1) is 15.2. The fourth-order valence-electron chi connectivity index (χ4n) is 3.73. The summed E-state index contributed by atoms with van der Waals surface area (Å²) in [5.74, 6) is 0.478. The standard InChI is InChI=1S/C25H25N3O3/c29-24(15-7-11-19-9-3-1-4-10-19)28-16-8-12-20(18-28)23-17-22(27-31-23)25(30)26-21-13-5-2-6-14-21/h1-7,9-11,13-14,17,20H,8,12,15-16,18H2,(H,26,30)/b11-7+. The van der Waals surface area contributed by atoms with Gasteiger partial charge in [-0.25, -0.2) is 0 Å². The number of benzene rings is 2. The van der Waals surface area contributed by atoms with E-state index in [-0.39, 0.29) is 23.4 Å². The Morgan fingerprint density at radius 1 is 1.10 bits per heavy atom. The third-order valence-corrected chi connectivity index (χ3v) is 5.37. The summed E-state index contributed by atoms with van der Waals surface area (Å²) < 4.78 is 5.47. The minimum Gasteiger partial charge on any atom is -0.360 e. The van der Waals surface area contributed by atoms with E-state index < -0.39 is 0 Å². The smallest absolute Gasteiger partial charge is 0.277 e. The lowest BCUT2D eigenvalue weighted by atomic mass is 9.95. The van der Waals surface area contributed by atoms with Crippen molar-refractivity contribution in [2.45, 2.75) is 25.2 Å². The minimum absolute atomic E-state index is 0.0431. The first-order valence-corrected chi connectivity index (χ1v) is 10.5. The van der Waals surface area contributed by atoms with Crippen LogP contribution in [-0.2, 0) is 4.79 Å². The Balaban J connectivity index is 1.33. The second-order valence-corrected chi connectivity index (χ2v) is 7.63. The van der Waals surface area contributed by atoms with E-state index in [9.17, 15) is 9.59 Å². The van der Waals surface area contributed by atoms with Gasteiger partial charge in [-0.05, 0) is 30.5 Å².